The molecule has 1 unspecified atom stereocenters. The van der Waals surface area contributed by atoms with Gasteiger partial charge in [-0.3, -0.25) is 0 Å². The molecule has 0 saturated carbocycles. The fraction of sp³-hybridized carbons (Fsp3) is 0.545. The first kappa shape index (κ1) is 13.4. The number of methoxy groups -OCH3 is 1. The maximum atomic E-state index is 5.05. The molecule has 0 bridgehead atoms. The van der Waals surface area contributed by atoms with Gasteiger partial charge in [0.2, 0.25) is 5.13 Å². The molecule has 0 radical (unpaired) electrons. The van der Waals surface area contributed by atoms with Crippen molar-refractivity contribution in [3.8, 4) is 10.7 Å². The van der Waals surface area contributed by atoms with Crippen LogP contribution in [0.25, 0.3) is 10.7 Å². The van der Waals surface area contributed by atoms with Crippen LogP contribution in [-0.2, 0) is 11.3 Å². The highest BCUT2D eigenvalue weighted by Crippen LogP contribution is 2.28. The number of hydrogen-bond acceptors (Lipinski definition) is 7. The normalized spacial score (nSPS) is 12.6. The number of nitrogens with zero attached hydrogens (tertiary/aromatic N) is 3. The van der Waals surface area contributed by atoms with Crippen LogP contribution in [0.5, 0.6) is 0 Å². The first-order valence-electron chi connectivity index (χ1n) is 5.76. The smallest absolute Gasteiger partial charge is 0.206 e. The van der Waals surface area contributed by atoms with Gasteiger partial charge in [0.1, 0.15) is 10.7 Å². The minimum Gasteiger partial charge on any atom is -0.378 e. The Hall–Kier alpha value is -1.05. The quantitative estimate of drug-likeness (QED) is 0.883. The van der Waals surface area contributed by atoms with Crippen LogP contribution in [0.1, 0.15) is 25.3 Å². The fourth-order valence-electron chi connectivity index (χ4n) is 1.30. The second-order valence-electron chi connectivity index (χ2n) is 3.93. The molecule has 2 rings (SSSR count). The van der Waals surface area contributed by atoms with E-state index in [2.05, 4.69) is 34.3 Å². The van der Waals surface area contributed by atoms with Gasteiger partial charge in [-0.25, -0.2) is 4.98 Å². The van der Waals surface area contributed by atoms with E-state index in [1.54, 1.807) is 18.4 Å². The Morgan fingerprint density at radius 1 is 1.44 bits per heavy atom. The molecule has 18 heavy (non-hydrogen) atoms. The standard InChI is InChI=1S/C11H16N4OS2/c1-4-7(2)12-11-15-14-10(18-11)8-6-17-9(13-8)5-16-3/h6-7H,4-5H2,1-3H3,(H,12,15). The molecule has 0 spiro atoms. The topological polar surface area (TPSA) is 59.9 Å². The zero-order valence-electron chi connectivity index (χ0n) is 10.6. The number of rotatable bonds is 6. The lowest BCUT2D eigenvalue weighted by Crippen LogP contribution is -2.12. The third kappa shape index (κ3) is 3.24. The van der Waals surface area contributed by atoms with Crippen molar-refractivity contribution in [2.45, 2.75) is 32.9 Å². The van der Waals surface area contributed by atoms with E-state index in [1.807, 2.05) is 5.38 Å². The van der Waals surface area contributed by atoms with Gasteiger partial charge in [-0.1, -0.05) is 18.3 Å². The van der Waals surface area contributed by atoms with Crippen molar-refractivity contribution < 1.29 is 4.74 Å². The number of nitrogens with one attached hydrogen (secondary N) is 1. The molecular formula is C11H16N4OS2. The van der Waals surface area contributed by atoms with Gasteiger partial charge in [0, 0.05) is 18.5 Å². The molecule has 0 fully saturated rings. The molecule has 1 N–H and O–H groups in total. The SMILES string of the molecule is CCC(C)Nc1nnc(-c2csc(COC)n2)s1. The maximum Gasteiger partial charge on any atom is 0.206 e. The molecule has 0 aromatic carbocycles. The third-order valence-electron chi connectivity index (χ3n) is 2.45. The first-order valence-corrected chi connectivity index (χ1v) is 7.46. The molecule has 0 saturated heterocycles. The van der Waals surface area contributed by atoms with Crippen LogP contribution < -0.4 is 5.32 Å². The Bertz CT molecular complexity index is 497. The van der Waals surface area contributed by atoms with Gasteiger partial charge in [-0.2, -0.15) is 0 Å². The molecule has 1 atom stereocenters. The molecule has 2 aromatic heterocycles. The minimum atomic E-state index is 0.408. The van der Waals surface area contributed by atoms with Crippen LogP contribution in [0.4, 0.5) is 5.13 Å². The predicted octanol–water partition coefficient (Wildman–Crippen LogP) is 3.02. The van der Waals surface area contributed by atoms with E-state index in [4.69, 9.17) is 4.74 Å². The summed E-state index contributed by atoms with van der Waals surface area (Å²) in [6.07, 6.45) is 1.06. The predicted molar refractivity (Wildman–Crippen MR) is 75.1 cm³/mol. The molecule has 5 nitrogen and oxygen atoms in total. The largest absolute Gasteiger partial charge is 0.378 e. The van der Waals surface area contributed by atoms with Crippen molar-refractivity contribution in [1.82, 2.24) is 15.2 Å². The average molecular weight is 284 g/mol. The Kier molecular flexibility index (Phi) is 4.62. The monoisotopic (exact) mass is 284 g/mol. The van der Waals surface area contributed by atoms with Crippen LogP contribution >= 0.6 is 22.7 Å². The summed E-state index contributed by atoms with van der Waals surface area (Å²) < 4.78 is 5.05. The molecule has 98 valence electrons. The highest BCUT2D eigenvalue weighted by atomic mass is 32.1. The molecule has 0 aliphatic rings. The van der Waals surface area contributed by atoms with E-state index >= 15 is 0 Å². The Morgan fingerprint density at radius 3 is 3.00 bits per heavy atom. The van der Waals surface area contributed by atoms with Gasteiger partial charge in [0.25, 0.3) is 0 Å². The van der Waals surface area contributed by atoms with E-state index in [9.17, 15) is 0 Å². The Morgan fingerprint density at radius 2 is 2.28 bits per heavy atom. The van der Waals surface area contributed by atoms with Crippen LogP contribution in [0.15, 0.2) is 5.38 Å². The van der Waals surface area contributed by atoms with Crippen molar-refractivity contribution in [3.63, 3.8) is 0 Å². The van der Waals surface area contributed by atoms with Crippen molar-refractivity contribution in [3.05, 3.63) is 10.4 Å². The molecular weight excluding hydrogens is 268 g/mol. The first-order chi connectivity index (χ1) is 8.72. The van der Waals surface area contributed by atoms with Crippen LogP contribution in [0.3, 0.4) is 0 Å². The zero-order valence-corrected chi connectivity index (χ0v) is 12.3. The van der Waals surface area contributed by atoms with Gasteiger partial charge in [0.15, 0.2) is 5.01 Å². The Balaban J connectivity index is 2.08. The third-order valence-corrected chi connectivity index (χ3v) is 4.15. The van der Waals surface area contributed by atoms with Gasteiger partial charge in [-0.15, -0.1) is 21.5 Å². The van der Waals surface area contributed by atoms with E-state index in [0.29, 0.717) is 12.6 Å². The molecule has 2 heterocycles. The molecule has 0 aliphatic carbocycles. The summed E-state index contributed by atoms with van der Waals surface area (Å²) >= 11 is 3.11. The summed E-state index contributed by atoms with van der Waals surface area (Å²) in [6.45, 7) is 4.80. The lowest BCUT2D eigenvalue weighted by atomic mass is 10.3. The van der Waals surface area contributed by atoms with Crippen LogP contribution in [0.2, 0.25) is 0 Å². The average Bonchev–Trinajstić information content (AvgIpc) is 2.98. The number of aromatic nitrogens is 3. The van der Waals surface area contributed by atoms with E-state index in [-0.39, 0.29) is 0 Å². The highest BCUT2D eigenvalue weighted by molar-refractivity contribution is 7.18. The second-order valence-corrected chi connectivity index (χ2v) is 5.85. The summed E-state index contributed by atoms with van der Waals surface area (Å²) in [7, 11) is 1.67. The summed E-state index contributed by atoms with van der Waals surface area (Å²) in [5.74, 6) is 0. The van der Waals surface area contributed by atoms with Crippen molar-refractivity contribution >= 4 is 27.8 Å². The van der Waals surface area contributed by atoms with Crippen molar-refractivity contribution in [2.24, 2.45) is 0 Å². The number of hydrogen-bond donors (Lipinski definition) is 1. The Labute approximate surface area is 114 Å². The summed E-state index contributed by atoms with van der Waals surface area (Å²) in [5.41, 5.74) is 0.877. The second kappa shape index (κ2) is 6.21. The summed E-state index contributed by atoms with van der Waals surface area (Å²) in [4.78, 5) is 4.46. The molecule has 7 heteroatoms. The van der Waals surface area contributed by atoms with E-state index < -0.39 is 0 Å². The van der Waals surface area contributed by atoms with Gasteiger partial charge >= 0.3 is 0 Å². The molecule has 2 aromatic rings. The highest BCUT2D eigenvalue weighted by Gasteiger charge is 2.11. The van der Waals surface area contributed by atoms with Crippen LogP contribution in [0, 0.1) is 0 Å². The van der Waals surface area contributed by atoms with Crippen LogP contribution in [-0.4, -0.2) is 28.3 Å². The number of thiazole rings is 1. The number of ether oxygens (including phenoxy) is 1. The lowest BCUT2D eigenvalue weighted by molar-refractivity contribution is 0.184. The van der Waals surface area contributed by atoms with Gasteiger partial charge < -0.3 is 10.1 Å². The summed E-state index contributed by atoms with van der Waals surface area (Å²) in [5, 5.41) is 16.2. The minimum absolute atomic E-state index is 0.408. The van der Waals surface area contributed by atoms with E-state index in [0.717, 1.165) is 27.3 Å². The van der Waals surface area contributed by atoms with E-state index in [1.165, 1.54) is 11.3 Å². The van der Waals surface area contributed by atoms with Gasteiger partial charge in [-0.05, 0) is 13.3 Å². The molecule has 0 aliphatic heterocycles. The molecule has 0 amide bonds. The maximum absolute atomic E-state index is 5.05. The zero-order chi connectivity index (χ0) is 13.0. The van der Waals surface area contributed by atoms with Gasteiger partial charge in [0.05, 0.1) is 6.61 Å². The fourth-order valence-corrected chi connectivity index (χ4v) is 2.94. The van der Waals surface area contributed by atoms with Crippen molar-refractivity contribution in [1.29, 1.82) is 0 Å². The summed E-state index contributed by atoms with van der Waals surface area (Å²) in [6, 6.07) is 0.408. The number of anilines is 1. The van der Waals surface area contributed by atoms with Crippen molar-refractivity contribution in [2.75, 3.05) is 12.4 Å². The lowest BCUT2D eigenvalue weighted by Gasteiger charge is -2.07.